The maximum atomic E-state index is 12.9. The third-order valence-electron chi connectivity index (χ3n) is 5.98. The first-order valence-electron chi connectivity index (χ1n) is 11.3. The molecule has 0 radical (unpaired) electrons. The molecule has 0 bridgehead atoms. The molecule has 1 aliphatic heterocycles. The Hall–Kier alpha value is -2.38. The summed E-state index contributed by atoms with van der Waals surface area (Å²) in [7, 11) is 1.67. The molecule has 0 aliphatic carbocycles. The van der Waals surface area contributed by atoms with Crippen LogP contribution in [0.15, 0.2) is 77.3 Å². The van der Waals surface area contributed by atoms with Gasteiger partial charge in [0.05, 0.1) is 19.8 Å². The first-order valence-corrected chi connectivity index (χ1v) is 12.5. The first kappa shape index (κ1) is 24.7. The van der Waals surface area contributed by atoms with Crippen molar-refractivity contribution in [2.45, 2.75) is 12.7 Å². The summed E-state index contributed by atoms with van der Waals surface area (Å²) in [5, 5.41) is 0.700. The van der Waals surface area contributed by atoms with E-state index < -0.39 is 0 Å². The Morgan fingerprint density at radius 3 is 2.44 bits per heavy atom. The van der Waals surface area contributed by atoms with Crippen molar-refractivity contribution in [1.29, 1.82) is 0 Å². The lowest BCUT2D eigenvalue weighted by Gasteiger charge is -2.36. The smallest absolute Gasteiger partial charge is 0.253 e. The molecule has 0 spiro atoms. The van der Waals surface area contributed by atoms with Crippen molar-refractivity contribution in [2.24, 2.45) is 0 Å². The number of nitrogens with zero attached hydrogens (tertiary/aromatic N) is 2. The van der Waals surface area contributed by atoms with Crippen molar-refractivity contribution in [3.05, 3.63) is 99.0 Å². The molecule has 7 heteroatoms. The molecule has 1 saturated heterocycles. The van der Waals surface area contributed by atoms with Crippen LogP contribution in [0.3, 0.4) is 0 Å². The topological polar surface area (TPSA) is 42.0 Å². The fourth-order valence-corrected chi connectivity index (χ4v) is 4.54. The Bertz CT molecular complexity index is 1100. The second kappa shape index (κ2) is 11.8. The van der Waals surface area contributed by atoms with Gasteiger partial charge in [0.2, 0.25) is 0 Å². The first-order chi connectivity index (χ1) is 16.5. The molecule has 0 N–H and O–H groups in total. The van der Waals surface area contributed by atoms with Gasteiger partial charge in [-0.05, 0) is 59.7 Å². The highest BCUT2D eigenvalue weighted by atomic mass is 79.9. The molecule has 1 heterocycles. The van der Waals surface area contributed by atoms with Crippen molar-refractivity contribution < 1.29 is 14.3 Å². The van der Waals surface area contributed by atoms with Gasteiger partial charge in [-0.15, -0.1) is 0 Å². The Morgan fingerprint density at radius 1 is 1.00 bits per heavy atom. The molecule has 4 rings (SSSR count). The van der Waals surface area contributed by atoms with Crippen molar-refractivity contribution in [3.63, 3.8) is 0 Å². The van der Waals surface area contributed by atoms with E-state index in [2.05, 4.69) is 26.9 Å². The number of hydrogen-bond donors (Lipinski definition) is 0. The lowest BCUT2D eigenvalue weighted by Crippen LogP contribution is -2.49. The molecule has 3 aromatic carbocycles. The van der Waals surface area contributed by atoms with Crippen molar-refractivity contribution >= 4 is 33.4 Å². The van der Waals surface area contributed by atoms with Crippen LogP contribution in [0.4, 0.5) is 0 Å². The van der Waals surface area contributed by atoms with Gasteiger partial charge in [0.1, 0.15) is 5.75 Å². The van der Waals surface area contributed by atoms with Gasteiger partial charge in [0.25, 0.3) is 5.91 Å². The molecule has 1 atom stereocenters. The molecule has 178 valence electrons. The van der Waals surface area contributed by atoms with Crippen molar-refractivity contribution in [1.82, 2.24) is 9.80 Å². The summed E-state index contributed by atoms with van der Waals surface area (Å²) in [6.45, 7) is 4.16. The summed E-state index contributed by atoms with van der Waals surface area (Å²) < 4.78 is 12.8. The third-order valence-corrected chi connectivity index (χ3v) is 6.74. The number of ether oxygens (including phenoxy) is 2. The number of halogens is 2. The molecule has 1 aliphatic rings. The van der Waals surface area contributed by atoms with Gasteiger partial charge in [0, 0.05) is 47.8 Å². The number of amides is 1. The van der Waals surface area contributed by atoms with Crippen LogP contribution in [0.25, 0.3) is 0 Å². The van der Waals surface area contributed by atoms with E-state index in [1.807, 2.05) is 71.6 Å². The van der Waals surface area contributed by atoms with Crippen LogP contribution in [-0.2, 0) is 11.3 Å². The number of rotatable bonds is 8. The fourth-order valence-electron chi connectivity index (χ4n) is 4.06. The van der Waals surface area contributed by atoms with E-state index in [4.69, 9.17) is 21.1 Å². The summed E-state index contributed by atoms with van der Waals surface area (Å²) in [6, 6.07) is 23.3. The lowest BCUT2D eigenvalue weighted by molar-refractivity contribution is 0.00333. The van der Waals surface area contributed by atoms with Gasteiger partial charge >= 0.3 is 0 Å². The maximum Gasteiger partial charge on any atom is 0.253 e. The quantitative estimate of drug-likeness (QED) is 0.359. The maximum absolute atomic E-state index is 12.9. The van der Waals surface area contributed by atoms with Gasteiger partial charge in [-0.2, -0.15) is 0 Å². The number of carbonyl (C=O) groups is 1. The molecular formula is C27H28BrClN2O3. The van der Waals surface area contributed by atoms with E-state index >= 15 is 0 Å². The Kier molecular flexibility index (Phi) is 8.62. The van der Waals surface area contributed by atoms with Gasteiger partial charge in [-0.25, -0.2) is 0 Å². The van der Waals surface area contributed by atoms with Crippen LogP contribution in [-0.4, -0.2) is 55.5 Å². The molecule has 1 fully saturated rings. The molecule has 34 heavy (non-hydrogen) atoms. The minimum atomic E-state index is -0.136. The van der Waals surface area contributed by atoms with Crippen LogP contribution in [0.5, 0.6) is 5.75 Å². The van der Waals surface area contributed by atoms with Crippen LogP contribution < -0.4 is 4.74 Å². The summed E-state index contributed by atoms with van der Waals surface area (Å²) in [6.07, 6.45) is -0.136. The molecule has 5 nitrogen and oxygen atoms in total. The van der Waals surface area contributed by atoms with Crippen molar-refractivity contribution in [2.75, 3.05) is 39.8 Å². The molecule has 3 aromatic rings. The second-order valence-corrected chi connectivity index (χ2v) is 9.66. The Balaban J connectivity index is 1.40. The van der Waals surface area contributed by atoms with E-state index in [0.717, 1.165) is 46.5 Å². The number of hydrogen-bond acceptors (Lipinski definition) is 4. The molecule has 1 unspecified atom stereocenters. The average molecular weight is 544 g/mol. The van der Waals surface area contributed by atoms with Gasteiger partial charge in [0.15, 0.2) is 0 Å². The molecular weight excluding hydrogens is 516 g/mol. The highest BCUT2D eigenvalue weighted by Gasteiger charge is 2.25. The van der Waals surface area contributed by atoms with Crippen LogP contribution in [0, 0.1) is 0 Å². The van der Waals surface area contributed by atoms with Gasteiger partial charge in [-0.1, -0.05) is 51.8 Å². The minimum absolute atomic E-state index is 0.0775. The predicted molar refractivity (Wildman–Crippen MR) is 138 cm³/mol. The number of carbonyl (C=O) groups excluding carboxylic acids is 1. The molecule has 0 saturated carbocycles. The standard InChI is InChI=1S/C27H28BrClN2O3/c1-33-25-7-3-5-22(17-25)26(34-19-20-4-2-6-24(29)16-20)18-30-12-14-31(15-13-30)27(32)21-8-10-23(28)11-9-21/h2-11,16-17,26H,12-15,18-19H2,1H3. The van der Waals surface area contributed by atoms with Crippen molar-refractivity contribution in [3.8, 4) is 5.75 Å². The average Bonchev–Trinajstić information content (AvgIpc) is 2.87. The lowest BCUT2D eigenvalue weighted by atomic mass is 10.1. The fraction of sp³-hybridized carbons (Fsp3) is 0.296. The Labute approximate surface area is 214 Å². The monoisotopic (exact) mass is 542 g/mol. The number of benzene rings is 3. The molecule has 1 amide bonds. The zero-order valence-electron chi connectivity index (χ0n) is 19.1. The zero-order valence-corrected chi connectivity index (χ0v) is 21.5. The summed E-state index contributed by atoms with van der Waals surface area (Å²) in [4.78, 5) is 17.1. The van der Waals surface area contributed by atoms with E-state index in [1.54, 1.807) is 7.11 Å². The Morgan fingerprint density at radius 2 is 1.74 bits per heavy atom. The SMILES string of the molecule is COc1cccc(C(CN2CCN(C(=O)c3ccc(Br)cc3)CC2)OCc2cccc(Cl)c2)c1. The number of methoxy groups -OCH3 is 1. The highest BCUT2D eigenvalue weighted by Crippen LogP contribution is 2.26. The van der Waals surface area contributed by atoms with Crippen LogP contribution in [0.2, 0.25) is 5.02 Å². The van der Waals surface area contributed by atoms with Crippen LogP contribution >= 0.6 is 27.5 Å². The van der Waals surface area contributed by atoms with Gasteiger partial charge in [-0.3, -0.25) is 9.69 Å². The summed E-state index contributed by atoms with van der Waals surface area (Å²) in [5.41, 5.74) is 2.82. The highest BCUT2D eigenvalue weighted by molar-refractivity contribution is 9.10. The zero-order chi connectivity index (χ0) is 23.9. The van der Waals surface area contributed by atoms with E-state index in [-0.39, 0.29) is 12.0 Å². The molecule has 0 aromatic heterocycles. The van der Waals surface area contributed by atoms with E-state index in [1.165, 1.54) is 0 Å². The predicted octanol–water partition coefficient (Wildman–Crippen LogP) is 5.83. The second-order valence-electron chi connectivity index (χ2n) is 8.31. The number of piperazine rings is 1. The van der Waals surface area contributed by atoms with Gasteiger partial charge < -0.3 is 14.4 Å². The normalized spacial score (nSPS) is 15.2. The van der Waals surface area contributed by atoms with E-state index in [9.17, 15) is 4.79 Å². The van der Waals surface area contributed by atoms with E-state index in [0.29, 0.717) is 24.7 Å². The minimum Gasteiger partial charge on any atom is -0.497 e. The largest absolute Gasteiger partial charge is 0.497 e. The summed E-state index contributed by atoms with van der Waals surface area (Å²) in [5.74, 6) is 0.882. The van der Waals surface area contributed by atoms with Crippen LogP contribution in [0.1, 0.15) is 27.6 Å². The third kappa shape index (κ3) is 6.60. The summed E-state index contributed by atoms with van der Waals surface area (Å²) >= 11 is 9.57.